The van der Waals surface area contributed by atoms with Crippen LogP contribution in [-0.2, 0) is 6.54 Å². The summed E-state index contributed by atoms with van der Waals surface area (Å²) >= 11 is 1.48. The van der Waals surface area contributed by atoms with E-state index in [-0.39, 0.29) is 0 Å². The molecule has 0 radical (unpaired) electrons. The molecule has 0 aliphatic carbocycles. The molecule has 130 valence electrons. The standard InChI is InChI=1S/C22H16N4S/c23-12-20(22-25-21(16-27-22)19-9-5-2-6-10-19)11-18-13-24-26(15-18)14-17-7-3-1-4-8-17/h1-11,13,15-16H,14H2/b20-11+. The number of benzene rings is 2. The van der Waals surface area contributed by atoms with E-state index in [2.05, 4.69) is 28.3 Å². The van der Waals surface area contributed by atoms with Gasteiger partial charge in [0.15, 0.2) is 0 Å². The van der Waals surface area contributed by atoms with E-state index in [0.717, 1.165) is 16.8 Å². The average Bonchev–Trinajstić information content (AvgIpc) is 3.37. The molecule has 2 aromatic carbocycles. The van der Waals surface area contributed by atoms with Gasteiger partial charge in [0.1, 0.15) is 11.1 Å². The van der Waals surface area contributed by atoms with Crippen molar-refractivity contribution in [2.75, 3.05) is 0 Å². The van der Waals surface area contributed by atoms with Gasteiger partial charge in [0, 0.05) is 22.7 Å². The number of hydrogen-bond acceptors (Lipinski definition) is 4. The molecule has 0 saturated heterocycles. The predicted octanol–water partition coefficient (Wildman–Crippen LogP) is 5.12. The van der Waals surface area contributed by atoms with Gasteiger partial charge in [-0.15, -0.1) is 11.3 Å². The summed E-state index contributed by atoms with van der Waals surface area (Å²) in [6, 6.07) is 22.4. The summed E-state index contributed by atoms with van der Waals surface area (Å²) in [4.78, 5) is 4.62. The van der Waals surface area contributed by atoms with Gasteiger partial charge in [-0.1, -0.05) is 60.7 Å². The molecular formula is C22H16N4S. The Balaban J connectivity index is 1.56. The van der Waals surface area contributed by atoms with Crippen molar-refractivity contribution >= 4 is 23.0 Å². The lowest BCUT2D eigenvalue weighted by Crippen LogP contribution is -1.99. The maximum absolute atomic E-state index is 9.58. The maximum atomic E-state index is 9.58. The van der Waals surface area contributed by atoms with Gasteiger partial charge < -0.3 is 0 Å². The van der Waals surface area contributed by atoms with Crippen molar-refractivity contribution in [2.45, 2.75) is 6.54 Å². The third-order valence-corrected chi connectivity index (χ3v) is 4.95. The van der Waals surface area contributed by atoms with E-state index in [4.69, 9.17) is 0 Å². The summed E-state index contributed by atoms with van der Waals surface area (Å²) in [6.07, 6.45) is 5.55. The molecule has 0 bridgehead atoms. The smallest absolute Gasteiger partial charge is 0.134 e. The van der Waals surface area contributed by atoms with Gasteiger partial charge in [0.2, 0.25) is 0 Å². The molecule has 2 aromatic heterocycles. The van der Waals surface area contributed by atoms with E-state index in [1.54, 1.807) is 6.20 Å². The molecule has 0 aliphatic rings. The van der Waals surface area contributed by atoms with Crippen molar-refractivity contribution in [3.05, 3.63) is 94.6 Å². The molecule has 0 aliphatic heterocycles. The molecule has 4 rings (SSSR count). The molecule has 0 N–H and O–H groups in total. The summed E-state index contributed by atoms with van der Waals surface area (Å²) in [5.74, 6) is 0. The molecule has 0 spiro atoms. The lowest BCUT2D eigenvalue weighted by atomic mass is 10.2. The predicted molar refractivity (Wildman–Crippen MR) is 109 cm³/mol. The van der Waals surface area contributed by atoms with E-state index < -0.39 is 0 Å². The normalized spacial score (nSPS) is 11.3. The first-order valence-corrected chi connectivity index (χ1v) is 9.39. The second-order valence-corrected chi connectivity index (χ2v) is 6.89. The number of allylic oxidation sites excluding steroid dienone is 1. The largest absolute Gasteiger partial charge is 0.268 e. The Hall–Kier alpha value is -3.49. The lowest BCUT2D eigenvalue weighted by Gasteiger charge is -2.00. The van der Waals surface area contributed by atoms with Crippen LogP contribution in [0.2, 0.25) is 0 Å². The quantitative estimate of drug-likeness (QED) is 0.460. The molecule has 2 heterocycles. The Morgan fingerprint density at radius 1 is 1.07 bits per heavy atom. The number of hydrogen-bond donors (Lipinski definition) is 0. The minimum atomic E-state index is 0.543. The Morgan fingerprint density at radius 3 is 2.56 bits per heavy atom. The third-order valence-electron chi connectivity index (χ3n) is 4.08. The first-order chi connectivity index (χ1) is 13.3. The zero-order valence-corrected chi connectivity index (χ0v) is 15.3. The number of thiazole rings is 1. The molecule has 0 amide bonds. The lowest BCUT2D eigenvalue weighted by molar-refractivity contribution is 0.687. The number of rotatable bonds is 5. The van der Waals surface area contributed by atoms with Crippen molar-refractivity contribution in [3.8, 4) is 17.3 Å². The molecule has 0 saturated carbocycles. The van der Waals surface area contributed by atoms with Gasteiger partial charge >= 0.3 is 0 Å². The van der Waals surface area contributed by atoms with Crippen molar-refractivity contribution < 1.29 is 0 Å². The van der Waals surface area contributed by atoms with Crippen LogP contribution in [0.25, 0.3) is 22.9 Å². The molecule has 0 unspecified atom stereocenters. The van der Waals surface area contributed by atoms with E-state index in [9.17, 15) is 5.26 Å². The maximum Gasteiger partial charge on any atom is 0.134 e. The minimum absolute atomic E-state index is 0.543. The second kappa shape index (κ2) is 7.81. The van der Waals surface area contributed by atoms with Crippen molar-refractivity contribution in [3.63, 3.8) is 0 Å². The molecule has 5 heteroatoms. The zero-order chi connectivity index (χ0) is 18.5. The molecule has 4 nitrogen and oxygen atoms in total. The van der Waals surface area contributed by atoms with Gasteiger partial charge in [-0.2, -0.15) is 10.4 Å². The molecule has 0 fully saturated rings. The van der Waals surface area contributed by atoms with Crippen LogP contribution in [0.3, 0.4) is 0 Å². The van der Waals surface area contributed by atoms with Crippen LogP contribution in [0.15, 0.2) is 78.4 Å². The summed E-state index contributed by atoms with van der Waals surface area (Å²) in [6.45, 7) is 0.700. The topological polar surface area (TPSA) is 54.5 Å². The molecule has 0 atom stereocenters. The monoisotopic (exact) mass is 368 g/mol. The van der Waals surface area contributed by atoms with Gasteiger partial charge in [0.25, 0.3) is 0 Å². The van der Waals surface area contributed by atoms with Crippen LogP contribution in [0.5, 0.6) is 0 Å². The highest BCUT2D eigenvalue weighted by Crippen LogP contribution is 2.27. The van der Waals surface area contributed by atoms with Gasteiger partial charge in [-0.05, 0) is 11.6 Å². The second-order valence-electron chi connectivity index (χ2n) is 6.03. The number of nitrogens with zero attached hydrogens (tertiary/aromatic N) is 4. The van der Waals surface area contributed by atoms with E-state index in [1.807, 2.05) is 70.9 Å². The van der Waals surface area contributed by atoms with Gasteiger partial charge in [-0.3, -0.25) is 4.68 Å². The fourth-order valence-corrected chi connectivity index (χ4v) is 3.55. The van der Waals surface area contributed by atoms with Crippen molar-refractivity contribution in [2.24, 2.45) is 0 Å². The highest BCUT2D eigenvalue weighted by atomic mass is 32.1. The first-order valence-electron chi connectivity index (χ1n) is 8.51. The Bertz CT molecular complexity index is 1100. The van der Waals surface area contributed by atoms with E-state index in [1.165, 1.54) is 16.9 Å². The average molecular weight is 368 g/mol. The number of nitriles is 1. The third kappa shape index (κ3) is 4.02. The van der Waals surface area contributed by atoms with Crippen LogP contribution in [0.4, 0.5) is 0 Å². The fourth-order valence-electron chi connectivity index (χ4n) is 2.76. The summed E-state index contributed by atoms with van der Waals surface area (Å²) in [5, 5.41) is 16.7. The summed E-state index contributed by atoms with van der Waals surface area (Å²) < 4.78 is 1.87. The molecule has 4 aromatic rings. The van der Waals surface area contributed by atoms with Crippen LogP contribution >= 0.6 is 11.3 Å². The highest BCUT2D eigenvalue weighted by molar-refractivity contribution is 7.11. The SMILES string of the molecule is N#C/C(=C\c1cnn(Cc2ccccc2)c1)c1nc(-c2ccccc2)cs1. The van der Waals surface area contributed by atoms with Crippen LogP contribution in [0, 0.1) is 11.3 Å². The van der Waals surface area contributed by atoms with Crippen molar-refractivity contribution in [1.29, 1.82) is 5.26 Å². The Kier molecular flexibility index (Phi) is 4.91. The summed E-state index contributed by atoms with van der Waals surface area (Å²) in [5.41, 5.74) is 4.55. The van der Waals surface area contributed by atoms with Crippen LogP contribution in [0.1, 0.15) is 16.1 Å². The van der Waals surface area contributed by atoms with Crippen molar-refractivity contribution in [1.82, 2.24) is 14.8 Å². The first kappa shape index (κ1) is 17.0. The van der Waals surface area contributed by atoms with Gasteiger partial charge in [-0.25, -0.2) is 4.98 Å². The van der Waals surface area contributed by atoms with E-state index in [0.29, 0.717) is 17.1 Å². The minimum Gasteiger partial charge on any atom is -0.268 e. The van der Waals surface area contributed by atoms with Crippen LogP contribution in [-0.4, -0.2) is 14.8 Å². The number of aromatic nitrogens is 3. The highest BCUT2D eigenvalue weighted by Gasteiger charge is 2.09. The van der Waals surface area contributed by atoms with E-state index >= 15 is 0 Å². The molecular weight excluding hydrogens is 352 g/mol. The summed E-state index contributed by atoms with van der Waals surface area (Å²) in [7, 11) is 0. The Labute approximate surface area is 161 Å². The Morgan fingerprint density at radius 2 is 1.81 bits per heavy atom. The molecule has 27 heavy (non-hydrogen) atoms. The van der Waals surface area contributed by atoms with Crippen LogP contribution < -0.4 is 0 Å². The zero-order valence-electron chi connectivity index (χ0n) is 14.5. The van der Waals surface area contributed by atoms with Gasteiger partial charge in [0.05, 0.1) is 24.0 Å². The fraction of sp³-hybridized carbons (Fsp3) is 0.0455.